The first-order valence-electron chi connectivity index (χ1n) is 6.11. The lowest BCUT2D eigenvalue weighted by molar-refractivity contribution is 0.104. The van der Waals surface area contributed by atoms with Gasteiger partial charge in [0.05, 0.1) is 17.7 Å². The van der Waals surface area contributed by atoms with E-state index in [1.54, 1.807) is 18.5 Å². The lowest BCUT2D eigenvalue weighted by atomic mass is 10.0. The summed E-state index contributed by atoms with van der Waals surface area (Å²) in [7, 11) is 1.35. The second-order valence-electron chi connectivity index (χ2n) is 4.40. The Kier molecular flexibility index (Phi) is 3.35. The first-order valence-corrected chi connectivity index (χ1v) is 6.49. The number of pyridine rings is 1. The van der Waals surface area contributed by atoms with Crippen LogP contribution in [-0.2, 0) is 0 Å². The van der Waals surface area contributed by atoms with Crippen LogP contribution in [-0.4, -0.2) is 22.9 Å². The van der Waals surface area contributed by atoms with E-state index in [1.807, 2.05) is 0 Å². The number of nitrogens with zero attached hydrogens (tertiary/aromatic N) is 1. The molecule has 3 aromatic rings. The molecule has 0 aliphatic carbocycles. The molecule has 0 saturated carbocycles. The predicted octanol–water partition coefficient (Wildman–Crippen LogP) is 3.60. The van der Waals surface area contributed by atoms with Crippen molar-refractivity contribution in [3.63, 3.8) is 0 Å². The summed E-state index contributed by atoms with van der Waals surface area (Å²) in [4.78, 5) is 19.6. The summed E-state index contributed by atoms with van der Waals surface area (Å²) in [5, 5.41) is 0.978. The summed E-state index contributed by atoms with van der Waals surface area (Å²) in [5.74, 6) is -0.785. The van der Waals surface area contributed by atoms with Crippen LogP contribution in [0.3, 0.4) is 0 Å². The van der Waals surface area contributed by atoms with E-state index in [9.17, 15) is 9.18 Å². The average Bonchev–Trinajstić information content (AvgIpc) is 2.92. The minimum Gasteiger partial charge on any atom is -0.494 e. The van der Waals surface area contributed by atoms with E-state index < -0.39 is 5.82 Å². The van der Waals surface area contributed by atoms with Gasteiger partial charge in [-0.3, -0.25) is 4.79 Å². The van der Waals surface area contributed by atoms with Crippen LogP contribution in [0.4, 0.5) is 4.39 Å². The van der Waals surface area contributed by atoms with Gasteiger partial charge in [0.2, 0.25) is 0 Å². The molecule has 0 fully saturated rings. The highest BCUT2D eigenvalue weighted by atomic mass is 35.5. The maximum absolute atomic E-state index is 13.4. The van der Waals surface area contributed by atoms with E-state index in [0.29, 0.717) is 27.2 Å². The Morgan fingerprint density at radius 2 is 2.19 bits per heavy atom. The summed E-state index contributed by atoms with van der Waals surface area (Å²) in [6.07, 6.45) is 3.10. The van der Waals surface area contributed by atoms with Crippen LogP contribution in [0.1, 0.15) is 15.9 Å². The number of hydrogen-bond donors (Lipinski definition) is 1. The molecule has 106 valence electrons. The maximum atomic E-state index is 13.4. The molecule has 0 unspecified atom stereocenters. The van der Waals surface area contributed by atoms with E-state index in [0.717, 1.165) is 0 Å². The van der Waals surface area contributed by atoms with Gasteiger partial charge in [0.15, 0.2) is 17.3 Å². The Morgan fingerprint density at radius 3 is 2.95 bits per heavy atom. The summed E-state index contributed by atoms with van der Waals surface area (Å²) >= 11 is 6.12. The second kappa shape index (κ2) is 5.18. The first kappa shape index (κ1) is 13.6. The number of ether oxygens (including phenoxy) is 1. The maximum Gasteiger partial charge on any atom is 0.195 e. The smallest absolute Gasteiger partial charge is 0.195 e. The molecule has 3 rings (SSSR count). The van der Waals surface area contributed by atoms with Crippen molar-refractivity contribution in [1.29, 1.82) is 0 Å². The predicted molar refractivity (Wildman–Crippen MR) is 77.5 cm³/mol. The van der Waals surface area contributed by atoms with Crippen molar-refractivity contribution in [2.45, 2.75) is 0 Å². The van der Waals surface area contributed by atoms with E-state index in [4.69, 9.17) is 16.3 Å². The van der Waals surface area contributed by atoms with Crippen molar-refractivity contribution in [2.24, 2.45) is 0 Å². The van der Waals surface area contributed by atoms with Crippen molar-refractivity contribution in [1.82, 2.24) is 9.97 Å². The zero-order chi connectivity index (χ0) is 15.0. The van der Waals surface area contributed by atoms with Gasteiger partial charge in [0, 0.05) is 23.3 Å². The Morgan fingerprint density at radius 1 is 1.38 bits per heavy atom. The van der Waals surface area contributed by atoms with Crippen LogP contribution in [0.5, 0.6) is 5.75 Å². The number of nitrogens with one attached hydrogen (secondary N) is 1. The van der Waals surface area contributed by atoms with Gasteiger partial charge >= 0.3 is 0 Å². The SMILES string of the molecule is COc1cc(C(=O)c2c[nH]c3nccc(Cl)c23)ccc1F. The van der Waals surface area contributed by atoms with E-state index in [1.165, 1.54) is 25.3 Å². The van der Waals surface area contributed by atoms with Crippen LogP contribution in [0, 0.1) is 5.82 Å². The Hall–Kier alpha value is -2.40. The van der Waals surface area contributed by atoms with Gasteiger partial charge in [-0.05, 0) is 24.3 Å². The van der Waals surface area contributed by atoms with Gasteiger partial charge in [0.25, 0.3) is 0 Å². The molecule has 0 bridgehead atoms. The third-order valence-corrected chi connectivity index (χ3v) is 3.50. The lowest BCUT2D eigenvalue weighted by Crippen LogP contribution is -2.02. The number of aromatic amines is 1. The number of ketones is 1. The fourth-order valence-electron chi connectivity index (χ4n) is 2.15. The van der Waals surface area contributed by atoms with E-state index >= 15 is 0 Å². The molecule has 0 spiro atoms. The van der Waals surface area contributed by atoms with Crippen molar-refractivity contribution in [3.8, 4) is 5.75 Å². The molecule has 0 saturated heterocycles. The van der Waals surface area contributed by atoms with Crippen molar-refractivity contribution >= 4 is 28.4 Å². The summed E-state index contributed by atoms with van der Waals surface area (Å²) in [6.45, 7) is 0. The van der Waals surface area contributed by atoms with Crippen LogP contribution < -0.4 is 4.74 Å². The number of H-pyrrole nitrogens is 1. The molecule has 0 aliphatic heterocycles. The molecule has 1 aromatic carbocycles. The number of aromatic nitrogens is 2. The fraction of sp³-hybridized carbons (Fsp3) is 0.0667. The average molecular weight is 305 g/mol. The number of benzene rings is 1. The van der Waals surface area contributed by atoms with Crippen LogP contribution in [0.15, 0.2) is 36.7 Å². The van der Waals surface area contributed by atoms with Gasteiger partial charge in [-0.15, -0.1) is 0 Å². The summed E-state index contributed by atoms with van der Waals surface area (Å²) in [5.41, 5.74) is 1.23. The van der Waals surface area contributed by atoms with Gasteiger partial charge in [-0.2, -0.15) is 0 Å². The largest absolute Gasteiger partial charge is 0.494 e. The third-order valence-electron chi connectivity index (χ3n) is 3.18. The third kappa shape index (κ3) is 2.25. The number of rotatable bonds is 3. The second-order valence-corrected chi connectivity index (χ2v) is 4.80. The highest BCUT2D eigenvalue weighted by molar-refractivity contribution is 6.37. The summed E-state index contributed by atoms with van der Waals surface area (Å²) in [6, 6.07) is 5.57. The number of methoxy groups -OCH3 is 1. The molecule has 6 heteroatoms. The van der Waals surface area contributed by atoms with Crippen LogP contribution in [0.2, 0.25) is 5.02 Å². The summed E-state index contributed by atoms with van der Waals surface area (Å²) < 4.78 is 18.3. The molecule has 0 atom stereocenters. The molecule has 4 nitrogen and oxygen atoms in total. The topological polar surface area (TPSA) is 55.0 Å². The first-order chi connectivity index (χ1) is 10.1. The number of hydrogen-bond acceptors (Lipinski definition) is 3. The van der Waals surface area contributed by atoms with E-state index in [2.05, 4.69) is 9.97 Å². The minimum atomic E-state index is -0.521. The zero-order valence-corrected chi connectivity index (χ0v) is 11.7. The molecule has 0 aliphatic rings. The fourth-order valence-corrected chi connectivity index (χ4v) is 2.40. The van der Waals surface area contributed by atoms with Gasteiger partial charge < -0.3 is 9.72 Å². The van der Waals surface area contributed by atoms with Crippen molar-refractivity contribution in [2.75, 3.05) is 7.11 Å². The van der Waals surface area contributed by atoms with Crippen LogP contribution >= 0.6 is 11.6 Å². The Labute approximate surface area is 124 Å². The molecular weight excluding hydrogens is 295 g/mol. The van der Waals surface area contributed by atoms with Crippen LogP contribution in [0.25, 0.3) is 11.0 Å². The molecular formula is C15H10ClFN2O2. The quantitative estimate of drug-likeness (QED) is 0.752. The van der Waals surface area contributed by atoms with E-state index in [-0.39, 0.29) is 11.5 Å². The monoisotopic (exact) mass is 304 g/mol. The Balaban J connectivity index is 2.13. The zero-order valence-electron chi connectivity index (χ0n) is 11.0. The van der Waals surface area contributed by atoms with Gasteiger partial charge in [0.1, 0.15) is 5.65 Å². The molecule has 21 heavy (non-hydrogen) atoms. The van der Waals surface area contributed by atoms with Gasteiger partial charge in [-0.25, -0.2) is 9.37 Å². The van der Waals surface area contributed by atoms with Crippen molar-refractivity contribution in [3.05, 3.63) is 58.6 Å². The highest BCUT2D eigenvalue weighted by Crippen LogP contribution is 2.28. The number of fused-ring (bicyclic) bond motifs is 1. The lowest BCUT2D eigenvalue weighted by Gasteiger charge is -2.05. The molecule has 2 heterocycles. The normalized spacial score (nSPS) is 10.8. The number of carbonyl (C=O) groups is 1. The van der Waals surface area contributed by atoms with Crippen molar-refractivity contribution < 1.29 is 13.9 Å². The number of carbonyl (C=O) groups excluding carboxylic acids is 1. The molecule has 0 amide bonds. The minimum absolute atomic E-state index is 0.0184. The van der Waals surface area contributed by atoms with Gasteiger partial charge in [-0.1, -0.05) is 11.6 Å². The standard InChI is InChI=1S/C15H10ClFN2O2/c1-21-12-6-8(2-3-11(12)17)14(20)9-7-19-15-13(9)10(16)4-5-18-15/h2-7H,1H3,(H,18,19). The molecule has 2 aromatic heterocycles. The highest BCUT2D eigenvalue weighted by Gasteiger charge is 2.18. The number of halogens is 2. The Bertz CT molecular complexity index is 845. The molecule has 1 N–H and O–H groups in total. The molecule has 0 radical (unpaired) electrons.